The summed E-state index contributed by atoms with van der Waals surface area (Å²) in [4.78, 5) is 17.3. The van der Waals surface area contributed by atoms with E-state index in [1.54, 1.807) is 42.1 Å². The van der Waals surface area contributed by atoms with Crippen molar-refractivity contribution < 1.29 is 14.3 Å². The highest BCUT2D eigenvalue weighted by Gasteiger charge is 2.16. The molecule has 0 saturated heterocycles. The highest BCUT2D eigenvalue weighted by molar-refractivity contribution is 7.17. The van der Waals surface area contributed by atoms with E-state index in [0.29, 0.717) is 32.8 Å². The highest BCUT2D eigenvalue weighted by atomic mass is 32.1. The molecule has 9 heteroatoms. The quantitative estimate of drug-likeness (QED) is 0.404. The third-order valence-corrected chi connectivity index (χ3v) is 5.72. The van der Waals surface area contributed by atoms with Crippen LogP contribution < -0.4 is 10.6 Å². The molecule has 0 radical (unpaired) electrons. The number of anilines is 3. The third-order valence-electron chi connectivity index (χ3n) is 4.81. The second kappa shape index (κ2) is 8.19. The van der Waals surface area contributed by atoms with E-state index in [0.717, 1.165) is 11.1 Å². The largest absolute Gasteiger partial charge is 0.508 e. The van der Waals surface area contributed by atoms with Gasteiger partial charge >= 0.3 is 0 Å². The van der Waals surface area contributed by atoms with Crippen LogP contribution in [0.2, 0.25) is 0 Å². The first-order valence-corrected chi connectivity index (χ1v) is 10.3. The molecule has 0 unspecified atom stereocenters. The molecule has 4 rings (SSSR count). The van der Waals surface area contributed by atoms with Gasteiger partial charge in [0.1, 0.15) is 16.4 Å². The second-order valence-corrected chi connectivity index (χ2v) is 8.13. The molecule has 2 heterocycles. The molecule has 0 fully saturated rings. The fourth-order valence-corrected chi connectivity index (χ4v) is 3.79. The van der Waals surface area contributed by atoms with E-state index in [2.05, 4.69) is 20.7 Å². The number of halogens is 1. The molecule has 4 aromatic rings. The van der Waals surface area contributed by atoms with Gasteiger partial charge in [-0.25, -0.2) is 14.1 Å². The van der Waals surface area contributed by atoms with Gasteiger partial charge in [-0.1, -0.05) is 23.5 Å². The monoisotopic (exact) mass is 437 g/mol. The van der Waals surface area contributed by atoms with Crippen molar-refractivity contribution in [3.8, 4) is 11.4 Å². The molecule has 0 saturated carbocycles. The summed E-state index contributed by atoms with van der Waals surface area (Å²) < 4.78 is 15.1. The van der Waals surface area contributed by atoms with Gasteiger partial charge in [-0.05, 0) is 50.6 Å². The lowest BCUT2D eigenvalue weighted by molar-refractivity contribution is 0.103. The molecule has 0 bridgehead atoms. The third kappa shape index (κ3) is 4.26. The Morgan fingerprint density at radius 3 is 2.74 bits per heavy atom. The fourth-order valence-electron chi connectivity index (χ4n) is 3.08. The highest BCUT2D eigenvalue weighted by Crippen LogP contribution is 2.30. The minimum atomic E-state index is -0.340. The number of aromatic hydroxyl groups is 1. The van der Waals surface area contributed by atoms with Gasteiger partial charge in [0.15, 0.2) is 10.9 Å². The van der Waals surface area contributed by atoms with E-state index < -0.39 is 0 Å². The van der Waals surface area contributed by atoms with Gasteiger partial charge in [0.25, 0.3) is 5.91 Å². The number of carbonyl (C=O) groups is 1. The summed E-state index contributed by atoms with van der Waals surface area (Å²) in [6.45, 7) is 5.48. The Labute approximate surface area is 182 Å². The molecule has 158 valence electrons. The van der Waals surface area contributed by atoms with Crippen molar-refractivity contribution in [3.63, 3.8) is 0 Å². The number of thiazole rings is 1. The van der Waals surface area contributed by atoms with Crippen LogP contribution in [0.3, 0.4) is 0 Å². The number of benzene rings is 2. The average molecular weight is 438 g/mol. The van der Waals surface area contributed by atoms with E-state index in [9.17, 15) is 14.3 Å². The van der Waals surface area contributed by atoms with Crippen molar-refractivity contribution in [1.82, 2.24) is 14.8 Å². The number of amides is 1. The zero-order chi connectivity index (χ0) is 22.1. The summed E-state index contributed by atoms with van der Waals surface area (Å²) in [5, 5.41) is 20.8. The first kappa shape index (κ1) is 20.5. The summed E-state index contributed by atoms with van der Waals surface area (Å²) >= 11 is 1.18. The molecule has 0 aliphatic carbocycles. The van der Waals surface area contributed by atoms with Crippen molar-refractivity contribution in [2.75, 3.05) is 10.6 Å². The topological polar surface area (TPSA) is 92.1 Å². The minimum Gasteiger partial charge on any atom is -0.508 e. The fraction of sp³-hybridized carbons (Fsp3) is 0.136. The molecule has 31 heavy (non-hydrogen) atoms. The van der Waals surface area contributed by atoms with Gasteiger partial charge in [0.2, 0.25) is 0 Å². The Morgan fingerprint density at radius 1 is 1.16 bits per heavy atom. The standard InChI is InChI=1S/C22H20FN5O2S/c1-12-7-8-17(29)14(3)19(12)25-21(30)18-10-24-22(31-18)26-20-13(2)11-28(27-20)16-6-4-5-15(23)9-16/h4-11,29H,1-3H3,(H,25,30)(H,24,26,27). The SMILES string of the molecule is Cc1cn(-c2cccc(F)c2)nc1Nc1ncc(C(=O)Nc2c(C)ccc(O)c2C)s1. The van der Waals surface area contributed by atoms with Gasteiger partial charge in [0.05, 0.1) is 17.6 Å². The molecule has 1 amide bonds. The van der Waals surface area contributed by atoms with Crippen LogP contribution in [-0.2, 0) is 0 Å². The minimum absolute atomic E-state index is 0.122. The summed E-state index contributed by atoms with van der Waals surface area (Å²) in [7, 11) is 0. The Bertz CT molecular complexity index is 1280. The zero-order valence-corrected chi connectivity index (χ0v) is 17.9. The predicted octanol–water partition coefficient (Wildman–Crippen LogP) is 5.09. The van der Waals surface area contributed by atoms with Crippen LogP contribution in [-0.4, -0.2) is 25.8 Å². The lowest BCUT2D eigenvalue weighted by Crippen LogP contribution is -2.12. The number of phenolic OH excluding ortho intramolecular Hbond substituents is 1. The van der Waals surface area contributed by atoms with Crippen molar-refractivity contribution in [2.24, 2.45) is 0 Å². The van der Waals surface area contributed by atoms with Crippen molar-refractivity contribution in [3.05, 3.63) is 76.2 Å². The van der Waals surface area contributed by atoms with E-state index in [-0.39, 0.29) is 17.5 Å². The lowest BCUT2D eigenvalue weighted by atomic mass is 10.1. The number of hydrogen-bond donors (Lipinski definition) is 3. The van der Waals surface area contributed by atoms with Gasteiger partial charge < -0.3 is 15.7 Å². The molecule has 0 aliphatic rings. The van der Waals surface area contributed by atoms with Crippen LogP contribution in [0.1, 0.15) is 26.4 Å². The normalized spacial score (nSPS) is 10.8. The Balaban J connectivity index is 1.51. The number of nitrogens with one attached hydrogen (secondary N) is 2. The number of nitrogens with zero attached hydrogens (tertiary/aromatic N) is 3. The van der Waals surface area contributed by atoms with Crippen LogP contribution in [0.4, 0.5) is 21.0 Å². The van der Waals surface area contributed by atoms with E-state index in [4.69, 9.17) is 0 Å². The predicted molar refractivity (Wildman–Crippen MR) is 119 cm³/mol. The average Bonchev–Trinajstić information content (AvgIpc) is 3.35. The number of aromatic nitrogens is 3. The lowest BCUT2D eigenvalue weighted by Gasteiger charge is -2.11. The number of carbonyl (C=O) groups excluding carboxylic acids is 1. The van der Waals surface area contributed by atoms with Crippen LogP contribution in [0.25, 0.3) is 5.69 Å². The first-order chi connectivity index (χ1) is 14.8. The van der Waals surface area contributed by atoms with E-state index in [1.165, 1.54) is 29.7 Å². The molecule has 7 nitrogen and oxygen atoms in total. The molecular weight excluding hydrogens is 417 g/mol. The number of rotatable bonds is 5. The first-order valence-electron chi connectivity index (χ1n) is 9.47. The van der Waals surface area contributed by atoms with Crippen LogP contribution in [0.5, 0.6) is 5.75 Å². The maximum atomic E-state index is 13.5. The van der Waals surface area contributed by atoms with E-state index in [1.807, 2.05) is 13.8 Å². The molecule has 0 aliphatic heterocycles. The van der Waals surface area contributed by atoms with E-state index >= 15 is 0 Å². The Hall–Kier alpha value is -3.72. The Kier molecular flexibility index (Phi) is 5.43. The summed E-state index contributed by atoms with van der Waals surface area (Å²) in [6, 6.07) is 9.50. The van der Waals surface area contributed by atoms with Gasteiger partial charge in [-0.3, -0.25) is 4.79 Å². The summed E-state index contributed by atoms with van der Waals surface area (Å²) in [5.41, 5.74) is 3.49. The maximum absolute atomic E-state index is 13.5. The molecular formula is C22H20FN5O2S. The maximum Gasteiger partial charge on any atom is 0.267 e. The number of aryl methyl sites for hydroxylation is 2. The van der Waals surface area contributed by atoms with Crippen LogP contribution in [0.15, 0.2) is 48.8 Å². The van der Waals surface area contributed by atoms with Crippen LogP contribution in [0, 0.1) is 26.6 Å². The molecule has 3 N–H and O–H groups in total. The zero-order valence-electron chi connectivity index (χ0n) is 17.1. The molecule has 0 spiro atoms. The smallest absolute Gasteiger partial charge is 0.267 e. The van der Waals surface area contributed by atoms with Gasteiger partial charge in [-0.15, -0.1) is 5.10 Å². The number of phenols is 1. The van der Waals surface area contributed by atoms with Crippen molar-refractivity contribution in [1.29, 1.82) is 0 Å². The van der Waals surface area contributed by atoms with Gasteiger partial charge in [-0.2, -0.15) is 0 Å². The van der Waals surface area contributed by atoms with Crippen molar-refractivity contribution in [2.45, 2.75) is 20.8 Å². The van der Waals surface area contributed by atoms with Crippen LogP contribution >= 0.6 is 11.3 Å². The number of hydrogen-bond acceptors (Lipinski definition) is 6. The molecule has 2 aromatic carbocycles. The van der Waals surface area contributed by atoms with Crippen molar-refractivity contribution >= 4 is 33.9 Å². The van der Waals surface area contributed by atoms with Gasteiger partial charge in [0, 0.05) is 17.3 Å². The second-order valence-electron chi connectivity index (χ2n) is 7.10. The summed E-state index contributed by atoms with van der Waals surface area (Å²) in [6.07, 6.45) is 3.26. The molecule has 0 atom stereocenters. The molecule has 2 aromatic heterocycles. The Morgan fingerprint density at radius 2 is 1.97 bits per heavy atom. The summed E-state index contributed by atoms with van der Waals surface area (Å²) in [5.74, 6) is 0.0273.